The van der Waals surface area contributed by atoms with Crippen LogP contribution in [0.1, 0.15) is 39.9 Å². The van der Waals surface area contributed by atoms with Gasteiger partial charge in [0.15, 0.2) is 5.82 Å². The van der Waals surface area contributed by atoms with Crippen molar-refractivity contribution in [2.45, 2.75) is 31.5 Å². The van der Waals surface area contributed by atoms with Crippen molar-refractivity contribution >= 4 is 16.9 Å². The first-order valence-corrected chi connectivity index (χ1v) is 9.24. The number of nitrogens with one attached hydrogen (secondary N) is 2. The average Bonchev–Trinajstić information content (AvgIpc) is 3.24. The van der Waals surface area contributed by atoms with Crippen molar-refractivity contribution in [1.29, 1.82) is 0 Å². The second kappa shape index (κ2) is 5.95. The maximum atomic E-state index is 15.7. The number of carboxylic acids is 1. The predicted molar refractivity (Wildman–Crippen MR) is 103 cm³/mol. The van der Waals surface area contributed by atoms with Gasteiger partial charge in [0.25, 0.3) is 0 Å². The number of H-pyrrole nitrogens is 1. The third-order valence-corrected chi connectivity index (χ3v) is 5.85. The van der Waals surface area contributed by atoms with E-state index in [-0.39, 0.29) is 22.0 Å². The second-order valence-electron chi connectivity index (χ2n) is 7.71. The van der Waals surface area contributed by atoms with E-state index in [4.69, 9.17) is 5.73 Å². The fraction of sp³-hybridized carbons (Fsp3) is 0.238. The number of carbonyl (C=O) groups is 1. The van der Waals surface area contributed by atoms with E-state index in [1.54, 1.807) is 12.1 Å². The standard InChI is InChI=1S/C21H17F2N3O3/c22-16-13(9-1-2-10-6-25-7-11(10)5-9)17(23)18-14(15(16)21(24)3-4-21)19(27)12(8-26-18)20(28)29/h1-2,5,8,25H,3-4,6-7,24H2,(H,26,27)(H,28,29). The van der Waals surface area contributed by atoms with Crippen molar-refractivity contribution in [3.8, 4) is 11.1 Å². The number of pyridine rings is 1. The smallest absolute Gasteiger partial charge is 0.341 e. The van der Waals surface area contributed by atoms with Crippen molar-refractivity contribution in [2.24, 2.45) is 5.73 Å². The lowest BCUT2D eigenvalue weighted by Gasteiger charge is -2.19. The van der Waals surface area contributed by atoms with Gasteiger partial charge in [0.1, 0.15) is 11.4 Å². The SMILES string of the molecule is NC1(c2c(F)c(-c3ccc4c(c3)CNC4)c(F)c3[nH]cc(C(=O)O)c(=O)c23)CC1. The molecule has 0 bridgehead atoms. The first kappa shape index (κ1) is 18.0. The van der Waals surface area contributed by atoms with Crippen LogP contribution in [-0.4, -0.2) is 16.1 Å². The second-order valence-corrected chi connectivity index (χ2v) is 7.71. The highest BCUT2D eigenvalue weighted by Crippen LogP contribution is 2.48. The number of rotatable bonds is 3. The van der Waals surface area contributed by atoms with Gasteiger partial charge in [-0.2, -0.15) is 0 Å². The zero-order valence-corrected chi connectivity index (χ0v) is 15.2. The summed E-state index contributed by atoms with van der Waals surface area (Å²) < 4.78 is 31.2. The van der Waals surface area contributed by atoms with E-state index in [9.17, 15) is 14.7 Å². The molecule has 8 heteroatoms. The summed E-state index contributed by atoms with van der Waals surface area (Å²) in [6.45, 7) is 1.30. The van der Waals surface area contributed by atoms with E-state index >= 15 is 8.78 Å². The van der Waals surface area contributed by atoms with Gasteiger partial charge in [-0.25, -0.2) is 13.6 Å². The molecule has 0 spiro atoms. The maximum absolute atomic E-state index is 15.7. The Morgan fingerprint density at radius 2 is 1.86 bits per heavy atom. The summed E-state index contributed by atoms with van der Waals surface area (Å²) in [4.78, 5) is 26.7. The lowest BCUT2D eigenvalue weighted by Crippen LogP contribution is -2.26. The van der Waals surface area contributed by atoms with Crippen molar-refractivity contribution in [3.05, 3.63) is 68.5 Å². The molecule has 3 aromatic rings. The third kappa shape index (κ3) is 2.53. The van der Waals surface area contributed by atoms with Gasteiger partial charge in [0, 0.05) is 30.4 Å². The molecule has 1 saturated carbocycles. The highest BCUT2D eigenvalue weighted by atomic mass is 19.1. The fourth-order valence-electron chi connectivity index (χ4n) is 4.11. The lowest BCUT2D eigenvalue weighted by molar-refractivity contribution is 0.0695. The Morgan fingerprint density at radius 3 is 2.55 bits per heavy atom. The molecule has 2 aliphatic rings. The number of fused-ring (bicyclic) bond motifs is 2. The van der Waals surface area contributed by atoms with Gasteiger partial charge in [-0.1, -0.05) is 12.1 Å². The molecular weight excluding hydrogens is 380 g/mol. The number of benzene rings is 2. The molecule has 0 radical (unpaired) electrons. The maximum Gasteiger partial charge on any atom is 0.341 e. The minimum absolute atomic E-state index is 0.119. The van der Waals surface area contributed by atoms with Gasteiger partial charge in [-0.15, -0.1) is 0 Å². The summed E-state index contributed by atoms with van der Waals surface area (Å²) in [5.41, 5.74) is 5.34. The number of halogens is 2. The number of hydrogen-bond acceptors (Lipinski definition) is 4. The molecular formula is C21H17F2N3O3. The van der Waals surface area contributed by atoms with Crippen LogP contribution in [-0.2, 0) is 18.6 Å². The van der Waals surface area contributed by atoms with Crippen molar-refractivity contribution in [3.63, 3.8) is 0 Å². The molecule has 1 fully saturated rings. The minimum atomic E-state index is -1.48. The fourth-order valence-corrected chi connectivity index (χ4v) is 4.11. The van der Waals surface area contributed by atoms with Gasteiger partial charge in [-0.3, -0.25) is 4.79 Å². The Labute approximate surface area is 163 Å². The largest absolute Gasteiger partial charge is 0.477 e. The van der Waals surface area contributed by atoms with Crippen LogP contribution in [0.5, 0.6) is 0 Å². The van der Waals surface area contributed by atoms with Crippen LogP contribution in [0, 0.1) is 11.6 Å². The monoisotopic (exact) mass is 397 g/mol. The lowest BCUT2D eigenvalue weighted by atomic mass is 9.90. The first-order chi connectivity index (χ1) is 13.8. The molecule has 0 saturated heterocycles. The Bertz CT molecular complexity index is 1280. The normalized spacial score (nSPS) is 16.8. The first-order valence-electron chi connectivity index (χ1n) is 9.24. The molecule has 0 amide bonds. The van der Waals surface area contributed by atoms with Crippen LogP contribution in [0.25, 0.3) is 22.0 Å². The van der Waals surface area contributed by atoms with Crippen LogP contribution < -0.4 is 16.5 Å². The summed E-state index contributed by atoms with van der Waals surface area (Å²) >= 11 is 0. The molecule has 2 heterocycles. The highest BCUT2D eigenvalue weighted by Gasteiger charge is 2.45. The number of nitrogens with two attached hydrogens (primary N) is 1. The predicted octanol–water partition coefficient (Wildman–Crippen LogP) is 2.72. The molecule has 148 valence electrons. The zero-order valence-electron chi connectivity index (χ0n) is 15.2. The zero-order chi connectivity index (χ0) is 20.5. The molecule has 5 rings (SSSR count). The van der Waals surface area contributed by atoms with E-state index in [1.165, 1.54) is 0 Å². The molecule has 6 nitrogen and oxygen atoms in total. The average molecular weight is 397 g/mol. The van der Waals surface area contributed by atoms with E-state index in [0.29, 0.717) is 31.5 Å². The van der Waals surface area contributed by atoms with Crippen LogP contribution in [0.3, 0.4) is 0 Å². The van der Waals surface area contributed by atoms with E-state index < -0.39 is 34.1 Å². The molecule has 1 aliphatic carbocycles. The van der Waals surface area contributed by atoms with Gasteiger partial charge >= 0.3 is 5.97 Å². The van der Waals surface area contributed by atoms with Crippen molar-refractivity contribution in [2.75, 3.05) is 0 Å². The molecule has 29 heavy (non-hydrogen) atoms. The van der Waals surface area contributed by atoms with Gasteiger partial charge in [0.05, 0.1) is 16.5 Å². The Hall–Kier alpha value is -3.10. The summed E-state index contributed by atoms with van der Waals surface area (Å²) in [5.74, 6) is -3.32. The number of aromatic nitrogens is 1. The van der Waals surface area contributed by atoms with Crippen LogP contribution in [0.15, 0.2) is 29.2 Å². The number of aromatic carboxylic acids is 1. The van der Waals surface area contributed by atoms with Crippen LogP contribution >= 0.6 is 0 Å². The topological polar surface area (TPSA) is 108 Å². The molecule has 2 aromatic carbocycles. The summed E-state index contributed by atoms with van der Waals surface area (Å²) in [6, 6.07) is 5.19. The number of carboxylic acid groups (broad SMARTS) is 1. The van der Waals surface area contributed by atoms with Crippen LogP contribution in [0.2, 0.25) is 0 Å². The molecule has 0 atom stereocenters. The Balaban J connectivity index is 1.89. The van der Waals surface area contributed by atoms with Gasteiger partial charge < -0.3 is 21.1 Å². The summed E-state index contributed by atoms with van der Waals surface area (Å²) in [6.07, 6.45) is 1.79. The number of aromatic amines is 1. The number of hydrogen-bond donors (Lipinski definition) is 4. The summed E-state index contributed by atoms with van der Waals surface area (Å²) in [5, 5.41) is 12.1. The van der Waals surface area contributed by atoms with Crippen LogP contribution in [0.4, 0.5) is 8.78 Å². The quantitative estimate of drug-likeness (QED) is 0.544. The van der Waals surface area contributed by atoms with E-state index in [1.807, 2.05) is 6.07 Å². The van der Waals surface area contributed by atoms with E-state index in [0.717, 1.165) is 17.3 Å². The minimum Gasteiger partial charge on any atom is -0.477 e. The molecule has 1 aliphatic heterocycles. The Kier molecular flexibility index (Phi) is 3.68. The third-order valence-electron chi connectivity index (χ3n) is 5.85. The molecule has 0 unspecified atom stereocenters. The van der Waals surface area contributed by atoms with Gasteiger partial charge in [-0.05, 0) is 35.6 Å². The van der Waals surface area contributed by atoms with Crippen molar-refractivity contribution in [1.82, 2.24) is 10.3 Å². The molecule has 5 N–H and O–H groups in total. The van der Waals surface area contributed by atoms with E-state index in [2.05, 4.69) is 10.3 Å². The Morgan fingerprint density at radius 1 is 1.14 bits per heavy atom. The highest BCUT2D eigenvalue weighted by molar-refractivity contribution is 5.96. The van der Waals surface area contributed by atoms with Crippen molar-refractivity contribution < 1.29 is 18.7 Å². The van der Waals surface area contributed by atoms with Gasteiger partial charge in [0.2, 0.25) is 5.43 Å². The summed E-state index contributed by atoms with van der Waals surface area (Å²) in [7, 11) is 0. The molecule has 1 aromatic heterocycles.